The molecular weight excluding hydrogens is 208 g/mol. The molecule has 0 bridgehead atoms. The topological polar surface area (TPSA) is 82.5 Å². The van der Waals surface area contributed by atoms with Crippen LogP contribution < -0.4 is 5.32 Å². The van der Waals surface area contributed by atoms with E-state index in [1.54, 1.807) is 6.07 Å². The largest absolute Gasteiger partial charge is 0.477 e. The van der Waals surface area contributed by atoms with Gasteiger partial charge < -0.3 is 15.5 Å². The average molecular weight is 224 g/mol. The number of pyridine rings is 1. The summed E-state index contributed by atoms with van der Waals surface area (Å²) in [6.45, 7) is 2.15. The van der Waals surface area contributed by atoms with Crippen molar-refractivity contribution in [1.82, 2.24) is 4.98 Å². The lowest BCUT2D eigenvalue weighted by molar-refractivity contribution is 0.0690. The van der Waals surface area contributed by atoms with Crippen LogP contribution in [0.3, 0.4) is 0 Å². The van der Waals surface area contributed by atoms with Gasteiger partial charge in [-0.2, -0.15) is 0 Å². The maximum Gasteiger partial charge on any atom is 0.354 e. The molecule has 1 atom stereocenters. The molecule has 0 aliphatic heterocycles. The molecule has 0 fully saturated rings. The van der Waals surface area contributed by atoms with Crippen molar-refractivity contribution in [2.75, 3.05) is 11.9 Å². The van der Waals surface area contributed by atoms with E-state index >= 15 is 0 Å². The summed E-state index contributed by atoms with van der Waals surface area (Å²) in [5.41, 5.74) is 0.761. The minimum atomic E-state index is -1.04. The highest BCUT2D eigenvalue weighted by Crippen LogP contribution is 2.11. The minimum absolute atomic E-state index is 0.0272. The van der Waals surface area contributed by atoms with E-state index in [9.17, 15) is 4.79 Å². The predicted molar refractivity (Wildman–Crippen MR) is 60.6 cm³/mol. The van der Waals surface area contributed by atoms with Gasteiger partial charge in [-0.05, 0) is 31.9 Å². The molecule has 0 radical (unpaired) electrons. The molecule has 0 aliphatic rings. The van der Waals surface area contributed by atoms with Gasteiger partial charge in [0.2, 0.25) is 0 Å². The van der Waals surface area contributed by atoms with Crippen LogP contribution in [0.15, 0.2) is 18.3 Å². The highest BCUT2D eigenvalue weighted by Gasteiger charge is 2.06. The number of nitrogens with zero attached hydrogens (tertiary/aromatic N) is 1. The predicted octanol–water partition coefficient (Wildman–Crippen LogP) is 1.35. The van der Waals surface area contributed by atoms with Crippen molar-refractivity contribution >= 4 is 11.7 Å². The van der Waals surface area contributed by atoms with Crippen LogP contribution in [0.2, 0.25) is 0 Å². The maximum absolute atomic E-state index is 10.7. The lowest BCUT2D eigenvalue weighted by Gasteiger charge is -2.14. The monoisotopic (exact) mass is 224 g/mol. The van der Waals surface area contributed by atoms with E-state index < -0.39 is 5.97 Å². The van der Waals surface area contributed by atoms with Crippen molar-refractivity contribution in [2.45, 2.75) is 25.8 Å². The molecule has 1 aromatic rings. The number of carboxylic acids is 1. The number of carbonyl (C=O) groups is 1. The fourth-order valence-corrected chi connectivity index (χ4v) is 1.39. The Labute approximate surface area is 94.1 Å². The first-order chi connectivity index (χ1) is 7.63. The molecule has 0 saturated heterocycles. The number of aromatic nitrogens is 1. The maximum atomic E-state index is 10.7. The van der Waals surface area contributed by atoms with Gasteiger partial charge in [-0.15, -0.1) is 0 Å². The Balaban J connectivity index is 2.59. The Hall–Kier alpha value is -1.62. The zero-order valence-electron chi connectivity index (χ0n) is 9.18. The summed E-state index contributed by atoms with van der Waals surface area (Å²) in [6, 6.07) is 3.41. The van der Waals surface area contributed by atoms with Crippen LogP contribution in [-0.4, -0.2) is 33.8 Å². The van der Waals surface area contributed by atoms with Crippen molar-refractivity contribution in [2.24, 2.45) is 0 Å². The SMILES string of the molecule is CC(CCCO)Nc1ccnc(C(=O)O)c1. The van der Waals surface area contributed by atoms with Crippen LogP contribution in [0, 0.1) is 0 Å². The lowest BCUT2D eigenvalue weighted by atomic mass is 10.2. The first kappa shape index (κ1) is 12.4. The molecule has 5 nitrogen and oxygen atoms in total. The number of aliphatic hydroxyl groups is 1. The number of aromatic carboxylic acids is 1. The third-order valence-electron chi connectivity index (χ3n) is 2.19. The molecular formula is C11H16N2O3. The van der Waals surface area contributed by atoms with E-state index in [4.69, 9.17) is 10.2 Å². The van der Waals surface area contributed by atoms with Gasteiger partial charge in [0.1, 0.15) is 5.69 Å². The molecule has 1 aromatic heterocycles. The second-order valence-electron chi connectivity index (χ2n) is 3.65. The van der Waals surface area contributed by atoms with E-state index in [-0.39, 0.29) is 18.3 Å². The Morgan fingerprint density at radius 1 is 1.62 bits per heavy atom. The number of carboxylic acid groups (broad SMARTS) is 1. The van der Waals surface area contributed by atoms with E-state index in [0.29, 0.717) is 0 Å². The summed E-state index contributed by atoms with van der Waals surface area (Å²) in [7, 11) is 0. The third-order valence-corrected chi connectivity index (χ3v) is 2.19. The molecule has 1 heterocycles. The first-order valence-corrected chi connectivity index (χ1v) is 5.20. The molecule has 0 spiro atoms. The number of hydrogen-bond donors (Lipinski definition) is 3. The second kappa shape index (κ2) is 6.07. The molecule has 88 valence electrons. The quantitative estimate of drug-likeness (QED) is 0.679. The molecule has 5 heteroatoms. The van der Waals surface area contributed by atoms with Crippen molar-refractivity contribution < 1.29 is 15.0 Å². The van der Waals surface area contributed by atoms with Crippen LogP contribution >= 0.6 is 0 Å². The Kier molecular flexibility index (Phi) is 4.72. The van der Waals surface area contributed by atoms with Crippen molar-refractivity contribution in [3.63, 3.8) is 0 Å². The van der Waals surface area contributed by atoms with Gasteiger partial charge >= 0.3 is 5.97 Å². The van der Waals surface area contributed by atoms with E-state index in [1.165, 1.54) is 12.3 Å². The van der Waals surface area contributed by atoms with Crippen LogP contribution in [0.5, 0.6) is 0 Å². The Morgan fingerprint density at radius 3 is 3.00 bits per heavy atom. The standard InChI is InChI=1S/C11H16N2O3/c1-8(3-2-6-14)13-9-4-5-12-10(7-9)11(15)16/h4-5,7-8,14H,2-3,6H2,1H3,(H,12,13)(H,15,16). The third kappa shape index (κ3) is 3.86. The van der Waals surface area contributed by atoms with E-state index in [0.717, 1.165) is 18.5 Å². The molecule has 0 aliphatic carbocycles. The summed E-state index contributed by atoms with van der Waals surface area (Å²) in [6.07, 6.45) is 3.02. The number of aliphatic hydroxyl groups excluding tert-OH is 1. The smallest absolute Gasteiger partial charge is 0.354 e. The Morgan fingerprint density at radius 2 is 2.38 bits per heavy atom. The number of rotatable bonds is 6. The fourth-order valence-electron chi connectivity index (χ4n) is 1.39. The zero-order chi connectivity index (χ0) is 12.0. The first-order valence-electron chi connectivity index (χ1n) is 5.20. The van der Waals surface area contributed by atoms with Crippen LogP contribution in [-0.2, 0) is 0 Å². The van der Waals surface area contributed by atoms with Gasteiger partial charge in [-0.1, -0.05) is 0 Å². The van der Waals surface area contributed by atoms with Crippen molar-refractivity contribution in [3.05, 3.63) is 24.0 Å². The normalized spacial score (nSPS) is 12.1. The van der Waals surface area contributed by atoms with Crippen LogP contribution in [0.4, 0.5) is 5.69 Å². The highest BCUT2D eigenvalue weighted by molar-refractivity contribution is 5.86. The minimum Gasteiger partial charge on any atom is -0.477 e. The van der Waals surface area contributed by atoms with Crippen LogP contribution in [0.1, 0.15) is 30.3 Å². The Bertz CT molecular complexity index is 355. The molecule has 0 amide bonds. The molecule has 0 aromatic carbocycles. The molecule has 3 N–H and O–H groups in total. The van der Waals surface area contributed by atoms with E-state index in [2.05, 4.69) is 10.3 Å². The molecule has 16 heavy (non-hydrogen) atoms. The number of hydrogen-bond acceptors (Lipinski definition) is 4. The van der Waals surface area contributed by atoms with Crippen LogP contribution in [0.25, 0.3) is 0 Å². The molecule has 1 unspecified atom stereocenters. The van der Waals surface area contributed by atoms with Gasteiger partial charge in [-0.3, -0.25) is 0 Å². The number of nitrogens with one attached hydrogen (secondary N) is 1. The zero-order valence-corrected chi connectivity index (χ0v) is 9.18. The fraction of sp³-hybridized carbons (Fsp3) is 0.455. The lowest BCUT2D eigenvalue weighted by Crippen LogP contribution is -2.16. The summed E-state index contributed by atoms with van der Waals surface area (Å²) in [5, 5.41) is 20.6. The summed E-state index contributed by atoms with van der Waals surface area (Å²) in [5.74, 6) is -1.04. The van der Waals surface area contributed by atoms with Crippen molar-refractivity contribution in [3.8, 4) is 0 Å². The van der Waals surface area contributed by atoms with Crippen molar-refractivity contribution in [1.29, 1.82) is 0 Å². The molecule has 0 saturated carbocycles. The molecule has 1 rings (SSSR count). The van der Waals surface area contributed by atoms with Gasteiger partial charge in [0.25, 0.3) is 0 Å². The number of anilines is 1. The van der Waals surface area contributed by atoms with Gasteiger partial charge in [-0.25, -0.2) is 9.78 Å². The van der Waals surface area contributed by atoms with Gasteiger partial charge in [0.15, 0.2) is 0 Å². The summed E-state index contributed by atoms with van der Waals surface area (Å²) >= 11 is 0. The summed E-state index contributed by atoms with van der Waals surface area (Å²) < 4.78 is 0. The highest BCUT2D eigenvalue weighted by atomic mass is 16.4. The average Bonchev–Trinajstić information content (AvgIpc) is 2.26. The van der Waals surface area contributed by atoms with Gasteiger partial charge in [0.05, 0.1) is 0 Å². The summed E-state index contributed by atoms with van der Waals surface area (Å²) in [4.78, 5) is 14.4. The van der Waals surface area contributed by atoms with E-state index in [1.807, 2.05) is 6.92 Å². The second-order valence-corrected chi connectivity index (χ2v) is 3.65. The van der Waals surface area contributed by atoms with Gasteiger partial charge in [0, 0.05) is 24.5 Å².